The van der Waals surface area contributed by atoms with Gasteiger partial charge in [0.15, 0.2) is 6.10 Å². The number of allylic oxidation sites excluding steroid dienone is 2. The second-order valence-electron chi connectivity index (χ2n) is 18.5. The standard InChI is InChI=1S/C55H104O6/c1-4-7-10-13-16-19-22-25-27-30-33-36-39-42-45-48-54(57)60-51-52(50-59-53(56)47-44-41-38-35-32-29-24-21-18-15-12-9-6-3)61-55(58)49-46-43-40-37-34-31-28-26-23-20-17-14-11-8-5-2/h25,27,52H,4-24,26,28-51H2,1-3H3/b27-25-. The molecule has 0 saturated heterocycles. The van der Waals surface area contributed by atoms with Crippen LogP contribution in [0.15, 0.2) is 12.2 Å². The average molecular weight is 861 g/mol. The highest BCUT2D eigenvalue weighted by Crippen LogP contribution is 2.16. The summed E-state index contributed by atoms with van der Waals surface area (Å²) in [4.78, 5) is 38.0. The number of carbonyl (C=O) groups is 3. The van der Waals surface area contributed by atoms with E-state index >= 15 is 0 Å². The molecule has 0 aromatic heterocycles. The Bertz CT molecular complexity index is 947. The number of carbonyl (C=O) groups excluding carboxylic acids is 3. The van der Waals surface area contributed by atoms with Crippen molar-refractivity contribution in [2.75, 3.05) is 13.2 Å². The first-order valence-electron chi connectivity index (χ1n) is 27.2. The zero-order valence-corrected chi connectivity index (χ0v) is 41.2. The largest absolute Gasteiger partial charge is 0.462 e. The first kappa shape index (κ1) is 59.1. The van der Waals surface area contributed by atoms with Crippen LogP contribution in [0.1, 0.15) is 303 Å². The van der Waals surface area contributed by atoms with Gasteiger partial charge in [0.2, 0.25) is 0 Å². The number of rotatable bonds is 50. The molecule has 0 fully saturated rings. The highest BCUT2D eigenvalue weighted by molar-refractivity contribution is 5.71. The normalized spacial score (nSPS) is 12.0. The van der Waals surface area contributed by atoms with Gasteiger partial charge in [-0.15, -0.1) is 0 Å². The lowest BCUT2D eigenvalue weighted by molar-refractivity contribution is -0.167. The molecule has 61 heavy (non-hydrogen) atoms. The lowest BCUT2D eigenvalue weighted by Gasteiger charge is -2.18. The minimum absolute atomic E-state index is 0.0669. The average Bonchev–Trinajstić information content (AvgIpc) is 3.26. The third-order valence-electron chi connectivity index (χ3n) is 12.3. The molecule has 0 aromatic rings. The summed E-state index contributed by atoms with van der Waals surface area (Å²) in [6.07, 6.45) is 56.2. The molecule has 0 aromatic carbocycles. The van der Waals surface area contributed by atoms with Crippen molar-refractivity contribution in [1.82, 2.24) is 0 Å². The summed E-state index contributed by atoms with van der Waals surface area (Å²) >= 11 is 0. The molecular formula is C55H104O6. The molecule has 0 radical (unpaired) electrons. The topological polar surface area (TPSA) is 78.9 Å². The van der Waals surface area contributed by atoms with Gasteiger partial charge in [-0.1, -0.05) is 251 Å². The van der Waals surface area contributed by atoms with Crippen LogP contribution in [0.5, 0.6) is 0 Å². The summed E-state index contributed by atoms with van der Waals surface area (Å²) in [5.74, 6) is -0.855. The van der Waals surface area contributed by atoms with Crippen LogP contribution < -0.4 is 0 Å². The molecular weight excluding hydrogens is 757 g/mol. The van der Waals surface area contributed by atoms with Gasteiger partial charge in [0.25, 0.3) is 0 Å². The summed E-state index contributed by atoms with van der Waals surface area (Å²) in [6.45, 7) is 6.67. The van der Waals surface area contributed by atoms with Crippen molar-refractivity contribution in [3.8, 4) is 0 Å². The van der Waals surface area contributed by atoms with Gasteiger partial charge in [-0.05, 0) is 44.9 Å². The van der Waals surface area contributed by atoms with E-state index in [0.717, 1.165) is 64.2 Å². The molecule has 6 nitrogen and oxygen atoms in total. The molecule has 0 rings (SSSR count). The fourth-order valence-electron chi connectivity index (χ4n) is 8.14. The number of hydrogen-bond acceptors (Lipinski definition) is 6. The molecule has 0 amide bonds. The quantitative estimate of drug-likeness (QED) is 0.0262. The SMILES string of the molecule is CCCCCCCC/C=C\CCCCCCCC(=O)OCC(COC(=O)CCCCCCCCCCCCCCC)OC(=O)CCCCCCCCCCCCCCCCC. The monoisotopic (exact) mass is 861 g/mol. The van der Waals surface area contributed by atoms with Crippen molar-refractivity contribution in [2.24, 2.45) is 0 Å². The smallest absolute Gasteiger partial charge is 0.306 e. The van der Waals surface area contributed by atoms with Crippen LogP contribution in [0.2, 0.25) is 0 Å². The van der Waals surface area contributed by atoms with Crippen molar-refractivity contribution in [3.63, 3.8) is 0 Å². The predicted octanol–water partition coefficient (Wildman–Crippen LogP) is 17.8. The van der Waals surface area contributed by atoms with E-state index in [9.17, 15) is 14.4 Å². The van der Waals surface area contributed by atoms with E-state index in [0.29, 0.717) is 19.3 Å². The van der Waals surface area contributed by atoms with E-state index < -0.39 is 6.10 Å². The van der Waals surface area contributed by atoms with Gasteiger partial charge in [0.05, 0.1) is 0 Å². The lowest BCUT2D eigenvalue weighted by atomic mass is 10.0. The second-order valence-corrected chi connectivity index (χ2v) is 18.5. The summed E-state index contributed by atoms with van der Waals surface area (Å²) in [7, 11) is 0. The Morgan fingerprint density at radius 3 is 0.820 bits per heavy atom. The number of unbranched alkanes of at least 4 members (excludes halogenated alkanes) is 37. The van der Waals surface area contributed by atoms with E-state index in [-0.39, 0.29) is 31.1 Å². The molecule has 6 heteroatoms. The maximum absolute atomic E-state index is 12.8. The Labute approximate surface area is 380 Å². The maximum Gasteiger partial charge on any atom is 0.306 e. The zero-order chi connectivity index (χ0) is 44.4. The first-order valence-corrected chi connectivity index (χ1v) is 27.2. The Morgan fingerprint density at radius 1 is 0.311 bits per heavy atom. The van der Waals surface area contributed by atoms with Crippen molar-refractivity contribution in [3.05, 3.63) is 12.2 Å². The Kier molecular flexibility index (Phi) is 49.3. The predicted molar refractivity (Wildman–Crippen MR) is 261 cm³/mol. The molecule has 0 N–H and O–H groups in total. The summed E-state index contributed by atoms with van der Waals surface area (Å²) in [5.41, 5.74) is 0. The number of hydrogen-bond donors (Lipinski definition) is 0. The van der Waals surface area contributed by atoms with Crippen LogP contribution in [-0.4, -0.2) is 37.2 Å². The van der Waals surface area contributed by atoms with Crippen LogP contribution in [0.25, 0.3) is 0 Å². The zero-order valence-electron chi connectivity index (χ0n) is 41.2. The number of esters is 3. The molecule has 1 unspecified atom stereocenters. The van der Waals surface area contributed by atoms with Crippen molar-refractivity contribution in [1.29, 1.82) is 0 Å². The second kappa shape index (κ2) is 50.8. The van der Waals surface area contributed by atoms with E-state index in [4.69, 9.17) is 14.2 Å². The third-order valence-corrected chi connectivity index (χ3v) is 12.3. The van der Waals surface area contributed by atoms with Crippen LogP contribution in [-0.2, 0) is 28.6 Å². The van der Waals surface area contributed by atoms with Gasteiger partial charge in [-0.3, -0.25) is 14.4 Å². The van der Waals surface area contributed by atoms with Crippen molar-refractivity contribution in [2.45, 2.75) is 309 Å². The van der Waals surface area contributed by atoms with Crippen LogP contribution in [0.3, 0.4) is 0 Å². The fourth-order valence-corrected chi connectivity index (χ4v) is 8.14. The van der Waals surface area contributed by atoms with E-state index in [1.54, 1.807) is 0 Å². The summed E-state index contributed by atoms with van der Waals surface area (Å²) in [5, 5.41) is 0. The van der Waals surface area contributed by atoms with Crippen LogP contribution >= 0.6 is 0 Å². The Hall–Kier alpha value is -1.85. The molecule has 0 bridgehead atoms. The molecule has 1 atom stereocenters. The Morgan fingerprint density at radius 2 is 0.541 bits per heavy atom. The first-order chi connectivity index (χ1) is 30.0. The molecule has 0 saturated carbocycles. The third kappa shape index (κ3) is 49.0. The van der Waals surface area contributed by atoms with E-state index in [1.807, 2.05) is 0 Å². The highest BCUT2D eigenvalue weighted by Gasteiger charge is 2.19. The molecule has 0 aliphatic heterocycles. The summed E-state index contributed by atoms with van der Waals surface area (Å²) < 4.78 is 16.8. The van der Waals surface area contributed by atoms with Gasteiger partial charge in [-0.2, -0.15) is 0 Å². The van der Waals surface area contributed by atoms with Gasteiger partial charge < -0.3 is 14.2 Å². The van der Waals surface area contributed by atoms with Crippen molar-refractivity contribution < 1.29 is 28.6 Å². The maximum atomic E-state index is 12.8. The van der Waals surface area contributed by atoms with Gasteiger partial charge in [0.1, 0.15) is 13.2 Å². The van der Waals surface area contributed by atoms with Crippen molar-refractivity contribution >= 4 is 17.9 Å². The minimum Gasteiger partial charge on any atom is -0.462 e. The summed E-state index contributed by atoms with van der Waals surface area (Å²) in [6, 6.07) is 0. The molecule has 0 aliphatic rings. The molecule has 0 aliphatic carbocycles. The molecule has 360 valence electrons. The Balaban J connectivity index is 4.33. The van der Waals surface area contributed by atoms with Crippen LogP contribution in [0.4, 0.5) is 0 Å². The highest BCUT2D eigenvalue weighted by atomic mass is 16.6. The molecule has 0 spiro atoms. The van der Waals surface area contributed by atoms with Gasteiger partial charge in [0, 0.05) is 19.3 Å². The van der Waals surface area contributed by atoms with E-state index in [1.165, 1.54) is 199 Å². The number of ether oxygens (including phenoxy) is 3. The molecule has 0 heterocycles. The fraction of sp³-hybridized carbons (Fsp3) is 0.909. The lowest BCUT2D eigenvalue weighted by Crippen LogP contribution is -2.30. The van der Waals surface area contributed by atoms with Crippen LogP contribution in [0, 0.1) is 0 Å². The van der Waals surface area contributed by atoms with Gasteiger partial charge in [-0.25, -0.2) is 0 Å². The van der Waals surface area contributed by atoms with E-state index in [2.05, 4.69) is 32.9 Å². The minimum atomic E-state index is -0.766. The van der Waals surface area contributed by atoms with Gasteiger partial charge >= 0.3 is 17.9 Å².